The van der Waals surface area contributed by atoms with Crippen LogP contribution in [0, 0.1) is 17.5 Å². The van der Waals surface area contributed by atoms with Gasteiger partial charge in [0.25, 0.3) is 0 Å². The molecule has 0 atom stereocenters. The number of benzene rings is 2. The van der Waals surface area contributed by atoms with Crippen LogP contribution in [0.15, 0.2) is 35.3 Å². The Kier molecular flexibility index (Phi) is 4.32. The zero-order chi connectivity index (χ0) is 18.1. The lowest BCUT2D eigenvalue weighted by Gasteiger charge is -2.07. The van der Waals surface area contributed by atoms with Gasteiger partial charge in [-0.25, -0.2) is 18.2 Å². The summed E-state index contributed by atoms with van der Waals surface area (Å²) in [7, 11) is 2.67. The van der Waals surface area contributed by atoms with Crippen LogP contribution in [-0.4, -0.2) is 27.9 Å². The van der Waals surface area contributed by atoms with Crippen molar-refractivity contribution in [3.05, 3.63) is 53.3 Å². The number of nitrogens with one attached hydrogen (secondary N) is 2. The van der Waals surface area contributed by atoms with Crippen LogP contribution in [0.25, 0.3) is 10.9 Å². The summed E-state index contributed by atoms with van der Waals surface area (Å²) in [5, 5.41) is 15.1. The Balaban J connectivity index is 2.30. The molecule has 0 unspecified atom stereocenters. The quantitative estimate of drug-likeness (QED) is 0.294. The molecule has 0 saturated carbocycles. The van der Waals surface area contributed by atoms with Crippen molar-refractivity contribution < 1.29 is 18.4 Å². The first-order chi connectivity index (χ1) is 12.0. The number of hydroxylamine groups is 1. The van der Waals surface area contributed by atoms with Gasteiger partial charge in [0.15, 0.2) is 29.1 Å². The van der Waals surface area contributed by atoms with E-state index in [1.807, 2.05) is 5.48 Å². The molecule has 0 aliphatic heterocycles. The van der Waals surface area contributed by atoms with E-state index in [1.54, 1.807) is 30.3 Å². The van der Waals surface area contributed by atoms with Crippen molar-refractivity contribution in [3.8, 4) is 0 Å². The van der Waals surface area contributed by atoms with E-state index in [4.69, 9.17) is 0 Å². The first-order valence-corrected chi connectivity index (χ1v) is 7.24. The van der Waals surface area contributed by atoms with E-state index in [-0.39, 0.29) is 17.2 Å². The Labute approximate surface area is 140 Å². The van der Waals surface area contributed by atoms with E-state index in [2.05, 4.69) is 15.4 Å². The second-order valence-electron chi connectivity index (χ2n) is 5.18. The maximum atomic E-state index is 14.5. The molecular weight excluding hydrogens is 335 g/mol. The van der Waals surface area contributed by atoms with Crippen LogP contribution in [0.2, 0.25) is 0 Å². The highest BCUT2D eigenvalue weighted by molar-refractivity contribution is 6.02. The van der Waals surface area contributed by atoms with Gasteiger partial charge in [0.2, 0.25) is 0 Å². The number of amidine groups is 1. The predicted molar refractivity (Wildman–Crippen MR) is 87.7 cm³/mol. The summed E-state index contributed by atoms with van der Waals surface area (Å²) in [6.45, 7) is 0. The number of nitrogens with zero attached hydrogens (tertiary/aromatic N) is 3. The number of aryl methyl sites for hydroxylation is 1. The van der Waals surface area contributed by atoms with Crippen molar-refractivity contribution in [1.29, 1.82) is 0 Å². The van der Waals surface area contributed by atoms with Gasteiger partial charge in [-0.3, -0.25) is 15.4 Å². The van der Waals surface area contributed by atoms with E-state index in [9.17, 15) is 18.4 Å². The summed E-state index contributed by atoms with van der Waals surface area (Å²) in [4.78, 5) is 4.02. The van der Waals surface area contributed by atoms with Crippen molar-refractivity contribution >= 4 is 28.2 Å². The smallest absolute Gasteiger partial charge is 0.187 e. The maximum absolute atomic E-state index is 14.5. The van der Waals surface area contributed by atoms with Gasteiger partial charge in [-0.1, -0.05) is 30.3 Å². The fourth-order valence-corrected chi connectivity index (χ4v) is 2.55. The summed E-state index contributed by atoms with van der Waals surface area (Å²) >= 11 is 0. The molecule has 0 spiro atoms. The van der Waals surface area contributed by atoms with Gasteiger partial charge in [0.05, 0.1) is 5.39 Å². The number of anilines is 1. The lowest BCUT2D eigenvalue weighted by molar-refractivity contribution is 0.235. The number of rotatable bonds is 3. The Morgan fingerprint density at radius 3 is 2.40 bits per heavy atom. The molecule has 2 aromatic carbocycles. The third-order valence-corrected chi connectivity index (χ3v) is 3.71. The molecule has 0 aliphatic rings. The maximum Gasteiger partial charge on any atom is 0.187 e. The molecule has 1 heterocycles. The lowest BCUT2D eigenvalue weighted by Crippen LogP contribution is -2.19. The van der Waals surface area contributed by atoms with Crippen molar-refractivity contribution in [2.45, 2.75) is 0 Å². The largest absolute Gasteiger partial charge is 0.383 e. The van der Waals surface area contributed by atoms with Gasteiger partial charge >= 0.3 is 0 Å². The molecule has 0 radical (unpaired) electrons. The van der Waals surface area contributed by atoms with E-state index < -0.39 is 28.5 Å². The molecule has 3 aromatic rings. The third kappa shape index (κ3) is 2.68. The van der Waals surface area contributed by atoms with Crippen LogP contribution in [-0.2, 0) is 7.05 Å². The minimum Gasteiger partial charge on any atom is -0.383 e. The van der Waals surface area contributed by atoms with Crippen LogP contribution in [0.4, 0.5) is 24.7 Å². The Bertz CT molecular complexity index is 969. The zero-order valence-corrected chi connectivity index (χ0v) is 13.3. The Morgan fingerprint density at radius 2 is 1.80 bits per heavy atom. The molecule has 130 valence electrons. The van der Waals surface area contributed by atoms with Crippen molar-refractivity contribution in [2.75, 3.05) is 12.4 Å². The fraction of sp³-hybridized carbons (Fsp3) is 0.125. The van der Waals surface area contributed by atoms with Gasteiger partial charge in [0, 0.05) is 19.7 Å². The molecule has 0 saturated heterocycles. The van der Waals surface area contributed by atoms with Crippen LogP contribution < -0.4 is 10.8 Å². The van der Waals surface area contributed by atoms with Gasteiger partial charge in [-0.2, -0.15) is 5.10 Å². The Morgan fingerprint density at radius 1 is 1.12 bits per heavy atom. The SMILES string of the molecule is CNc1c(F)c(F)c2c(N=C(NO)c3ccccc3)nn(C)c2c1F. The van der Waals surface area contributed by atoms with E-state index in [0.29, 0.717) is 5.56 Å². The normalized spacial score (nSPS) is 11.8. The van der Waals surface area contributed by atoms with E-state index in [1.165, 1.54) is 14.1 Å². The highest BCUT2D eigenvalue weighted by Crippen LogP contribution is 2.36. The van der Waals surface area contributed by atoms with Crippen LogP contribution in [0.3, 0.4) is 0 Å². The summed E-state index contributed by atoms with van der Waals surface area (Å²) in [6.07, 6.45) is 0. The molecule has 6 nitrogen and oxygen atoms in total. The minimum absolute atomic E-state index is 0.0430. The third-order valence-electron chi connectivity index (χ3n) is 3.71. The minimum atomic E-state index is -1.37. The second-order valence-corrected chi connectivity index (χ2v) is 5.18. The molecule has 0 fully saturated rings. The average molecular weight is 349 g/mol. The molecule has 0 aliphatic carbocycles. The molecule has 3 rings (SSSR count). The first kappa shape index (κ1) is 16.8. The van der Waals surface area contributed by atoms with Crippen LogP contribution >= 0.6 is 0 Å². The summed E-state index contributed by atoms with van der Waals surface area (Å²) in [5.41, 5.74) is 1.54. The molecular formula is C16H14F3N5O. The topological polar surface area (TPSA) is 74.5 Å². The van der Waals surface area contributed by atoms with Gasteiger partial charge in [-0.05, 0) is 0 Å². The highest BCUT2D eigenvalue weighted by Gasteiger charge is 2.25. The fourth-order valence-electron chi connectivity index (χ4n) is 2.55. The molecule has 9 heteroatoms. The predicted octanol–water partition coefficient (Wildman–Crippen LogP) is 3.09. The number of hydrogen-bond acceptors (Lipinski definition) is 4. The molecule has 0 amide bonds. The lowest BCUT2D eigenvalue weighted by atomic mass is 10.1. The number of aliphatic imine (C=N–C) groups is 1. The van der Waals surface area contributed by atoms with Crippen molar-refractivity contribution in [3.63, 3.8) is 0 Å². The van der Waals surface area contributed by atoms with E-state index in [0.717, 1.165) is 4.68 Å². The molecule has 1 aromatic heterocycles. The number of halogens is 3. The summed E-state index contributed by atoms with van der Waals surface area (Å²) < 4.78 is 44.1. The zero-order valence-electron chi connectivity index (χ0n) is 13.3. The number of aromatic nitrogens is 2. The summed E-state index contributed by atoms with van der Waals surface area (Å²) in [5.74, 6) is -3.94. The highest BCUT2D eigenvalue weighted by atomic mass is 19.2. The van der Waals surface area contributed by atoms with Crippen LogP contribution in [0.1, 0.15) is 5.56 Å². The average Bonchev–Trinajstić information content (AvgIpc) is 2.95. The van der Waals surface area contributed by atoms with Gasteiger partial charge in [-0.15, -0.1) is 0 Å². The summed E-state index contributed by atoms with van der Waals surface area (Å²) in [6, 6.07) is 8.46. The van der Waals surface area contributed by atoms with Gasteiger partial charge < -0.3 is 5.32 Å². The van der Waals surface area contributed by atoms with Crippen LogP contribution in [0.5, 0.6) is 0 Å². The number of fused-ring (bicyclic) bond motifs is 1. The molecule has 3 N–H and O–H groups in total. The van der Waals surface area contributed by atoms with Crippen molar-refractivity contribution in [1.82, 2.24) is 15.3 Å². The Hall–Kier alpha value is -3.07. The first-order valence-electron chi connectivity index (χ1n) is 7.24. The monoisotopic (exact) mass is 349 g/mol. The van der Waals surface area contributed by atoms with E-state index >= 15 is 0 Å². The standard InChI is InChI=1S/C16H14F3N5O/c1-20-13-11(18)10(17)9-14(12(13)19)24(2)22-16(9)21-15(23-25)8-6-4-3-5-7-8/h3-7,20,25H,1-2H3,(H,21,22,23). The van der Waals surface area contributed by atoms with Crippen molar-refractivity contribution in [2.24, 2.45) is 12.0 Å². The second kappa shape index (κ2) is 6.44. The molecule has 0 bridgehead atoms. The van der Waals surface area contributed by atoms with Gasteiger partial charge in [0.1, 0.15) is 11.2 Å². The number of hydrogen-bond donors (Lipinski definition) is 3. The molecule has 25 heavy (non-hydrogen) atoms.